The summed E-state index contributed by atoms with van der Waals surface area (Å²) in [6, 6.07) is 7.86. The van der Waals surface area contributed by atoms with Crippen LogP contribution in [0.1, 0.15) is 35.2 Å². The molecular formula is C18H24N2O2S. The summed E-state index contributed by atoms with van der Waals surface area (Å²) in [4.78, 5) is 0.446. The summed E-state index contributed by atoms with van der Waals surface area (Å²) < 4.78 is 30.2. The Labute approximate surface area is 138 Å². The van der Waals surface area contributed by atoms with Crippen molar-refractivity contribution in [1.82, 2.24) is 8.87 Å². The molecule has 3 rings (SSSR count). The minimum absolute atomic E-state index is 0.135. The lowest BCUT2D eigenvalue weighted by Crippen LogP contribution is -2.33. The summed E-state index contributed by atoms with van der Waals surface area (Å²) in [6.45, 7) is 6.30. The molecule has 1 aromatic heterocycles. The highest BCUT2D eigenvalue weighted by molar-refractivity contribution is 7.89. The second-order valence-electron chi connectivity index (χ2n) is 6.59. The van der Waals surface area contributed by atoms with Crippen molar-refractivity contribution in [1.29, 1.82) is 0 Å². The van der Waals surface area contributed by atoms with Crippen LogP contribution in [0.2, 0.25) is 0 Å². The molecule has 0 unspecified atom stereocenters. The highest BCUT2D eigenvalue weighted by Crippen LogP contribution is 2.35. The predicted octanol–water partition coefficient (Wildman–Crippen LogP) is 3.30. The monoisotopic (exact) mass is 332 g/mol. The van der Waals surface area contributed by atoms with E-state index in [1.54, 1.807) is 4.31 Å². The van der Waals surface area contributed by atoms with E-state index in [0.29, 0.717) is 11.4 Å². The van der Waals surface area contributed by atoms with Crippen molar-refractivity contribution < 1.29 is 8.42 Å². The molecular weight excluding hydrogens is 308 g/mol. The van der Waals surface area contributed by atoms with Gasteiger partial charge in [0.25, 0.3) is 0 Å². The SMILES string of the molecule is Cc1cc(C)c(S(=O)(=O)N(Cc2cccn2C)C2CC2)cc1C. The third-order valence-electron chi connectivity index (χ3n) is 4.70. The van der Waals surface area contributed by atoms with Crippen LogP contribution in [0.4, 0.5) is 0 Å². The van der Waals surface area contributed by atoms with Gasteiger partial charge in [-0.05, 0) is 68.5 Å². The van der Waals surface area contributed by atoms with Gasteiger partial charge in [-0.25, -0.2) is 8.42 Å². The van der Waals surface area contributed by atoms with Gasteiger partial charge in [-0.3, -0.25) is 0 Å². The zero-order chi connectivity index (χ0) is 16.8. The first kappa shape index (κ1) is 16.3. The van der Waals surface area contributed by atoms with E-state index < -0.39 is 10.0 Å². The lowest BCUT2D eigenvalue weighted by atomic mass is 10.1. The second kappa shape index (κ2) is 5.80. The molecule has 1 aliphatic carbocycles. The maximum Gasteiger partial charge on any atom is 0.243 e. The van der Waals surface area contributed by atoms with Gasteiger partial charge in [0.1, 0.15) is 0 Å². The van der Waals surface area contributed by atoms with Crippen LogP contribution in [0, 0.1) is 20.8 Å². The van der Waals surface area contributed by atoms with Crippen LogP contribution < -0.4 is 0 Å². The van der Waals surface area contributed by atoms with Crippen LogP contribution in [-0.4, -0.2) is 23.3 Å². The van der Waals surface area contributed by atoms with Crippen LogP contribution in [0.3, 0.4) is 0 Å². The minimum Gasteiger partial charge on any atom is -0.353 e. The van der Waals surface area contributed by atoms with Crippen molar-refractivity contribution in [3.05, 3.63) is 52.8 Å². The molecule has 0 aliphatic heterocycles. The quantitative estimate of drug-likeness (QED) is 0.843. The van der Waals surface area contributed by atoms with E-state index in [2.05, 4.69) is 0 Å². The lowest BCUT2D eigenvalue weighted by molar-refractivity contribution is 0.390. The predicted molar refractivity (Wildman–Crippen MR) is 91.8 cm³/mol. The number of aromatic nitrogens is 1. The van der Waals surface area contributed by atoms with Crippen molar-refractivity contribution in [2.75, 3.05) is 0 Å². The molecule has 0 atom stereocenters. The van der Waals surface area contributed by atoms with Gasteiger partial charge in [0.05, 0.1) is 11.4 Å². The van der Waals surface area contributed by atoms with Crippen molar-refractivity contribution >= 4 is 10.0 Å². The summed E-state index contributed by atoms with van der Waals surface area (Å²) in [5.41, 5.74) is 3.98. The molecule has 1 saturated carbocycles. The Morgan fingerprint density at radius 1 is 1.13 bits per heavy atom. The number of hydrogen-bond donors (Lipinski definition) is 0. The maximum absolute atomic E-state index is 13.3. The van der Waals surface area contributed by atoms with E-state index in [-0.39, 0.29) is 6.04 Å². The molecule has 5 heteroatoms. The van der Waals surface area contributed by atoms with Gasteiger partial charge < -0.3 is 4.57 Å². The summed E-state index contributed by atoms with van der Waals surface area (Å²) in [7, 11) is -1.53. The molecule has 1 aromatic carbocycles. The zero-order valence-corrected chi connectivity index (χ0v) is 15.0. The molecule has 0 saturated heterocycles. The van der Waals surface area contributed by atoms with Gasteiger partial charge >= 0.3 is 0 Å². The van der Waals surface area contributed by atoms with Gasteiger partial charge in [0.15, 0.2) is 0 Å². The Bertz CT molecular complexity index is 833. The van der Waals surface area contributed by atoms with Gasteiger partial charge in [-0.1, -0.05) is 6.07 Å². The summed E-state index contributed by atoms with van der Waals surface area (Å²) in [5.74, 6) is 0. The Balaban J connectivity index is 2.02. The fourth-order valence-electron chi connectivity index (χ4n) is 2.93. The first-order valence-electron chi connectivity index (χ1n) is 8.00. The van der Waals surface area contributed by atoms with Gasteiger partial charge in [-0.2, -0.15) is 4.31 Å². The van der Waals surface area contributed by atoms with Crippen LogP contribution in [-0.2, 0) is 23.6 Å². The van der Waals surface area contributed by atoms with E-state index >= 15 is 0 Å². The number of rotatable bonds is 5. The van der Waals surface area contributed by atoms with E-state index in [9.17, 15) is 8.42 Å². The topological polar surface area (TPSA) is 42.3 Å². The fourth-order valence-corrected chi connectivity index (χ4v) is 4.88. The first-order chi connectivity index (χ1) is 10.8. The van der Waals surface area contributed by atoms with E-state index in [1.165, 1.54) is 0 Å². The number of nitrogens with zero attached hydrogens (tertiary/aromatic N) is 2. The van der Waals surface area contributed by atoms with Crippen molar-refractivity contribution in [3.63, 3.8) is 0 Å². The van der Waals surface area contributed by atoms with Gasteiger partial charge in [-0.15, -0.1) is 0 Å². The average molecular weight is 332 g/mol. The highest BCUT2D eigenvalue weighted by Gasteiger charge is 2.39. The van der Waals surface area contributed by atoms with E-state index in [1.807, 2.05) is 62.8 Å². The third kappa shape index (κ3) is 3.08. The Morgan fingerprint density at radius 2 is 1.78 bits per heavy atom. The molecule has 2 aromatic rings. The molecule has 0 radical (unpaired) electrons. The Kier molecular flexibility index (Phi) is 4.10. The zero-order valence-electron chi connectivity index (χ0n) is 14.2. The molecule has 4 nitrogen and oxygen atoms in total. The third-order valence-corrected chi connectivity index (χ3v) is 6.74. The first-order valence-corrected chi connectivity index (χ1v) is 9.44. The Hall–Kier alpha value is -1.59. The molecule has 1 fully saturated rings. The smallest absolute Gasteiger partial charge is 0.243 e. The van der Waals surface area contributed by atoms with Gasteiger partial charge in [0.2, 0.25) is 10.0 Å². The van der Waals surface area contributed by atoms with E-state index in [4.69, 9.17) is 0 Å². The highest BCUT2D eigenvalue weighted by atomic mass is 32.2. The summed E-state index contributed by atoms with van der Waals surface area (Å²) in [5, 5.41) is 0. The lowest BCUT2D eigenvalue weighted by Gasteiger charge is -2.24. The molecule has 124 valence electrons. The molecule has 23 heavy (non-hydrogen) atoms. The summed E-state index contributed by atoms with van der Waals surface area (Å²) >= 11 is 0. The van der Waals surface area contributed by atoms with Crippen molar-refractivity contribution in [2.24, 2.45) is 7.05 Å². The molecule has 0 bridgehead atoms. The molecule has 0 spiro atoms. The van der Waals surface area contributed by atoms with Crippen LogP contribution >= 0.6 is 0 Å². The second-order valence-corrected chi connectivity index (χ2v) is 8.45. The minimum atomic E-state index is -3.48. The summed E-state index contributed by atoms with van der Waals surface area (Å²) in [6.07, 6.45) is 3.86. The molecule has 0 amide bonds. The molecule has 1 heterocycles. The number of aryl methyl sites for hydroxylation is 4. The average Bonchev–Trinajstić information content (AvgIpc) is 3.23. The number of sulfonamides is 1. The van der Waals surface area contributed by atoms with E-state index in [0.717, 1.165) is 35.2 Å². The van der Waals surface area contributed by atoms with Crippen molar-refractivity contribution in [3.8, 4) is 0 Å². The normalized spacial score (nSPS) is 15.3. The number of hydrogen-bond acceptors (Lipinski definition) is 2. The Morgan fingerprint density at radius 3 is 2.35 bits per heavy atom. The fraction of sp³-hybridized carbons (Fsp3) is 0.444. The largest absolute Gasteiger partial charge is 0.353 e. The molecule has 1 aliphatic rings. The van der Waals surface area contributed by atoms with Crippen LogP contribution in [0.15, 0.2) is 35.4 Å². The van der Waals surface area contributed by atoms with Crippen LogP contribution in [0.25, 0.3) is 0 Å². The van der Waals surface area contributed by atoms with Gasteiger partial charge in [0, 0.05) is 25.0 Å². The molecule has 0 N–H and O–H groups in total. The standard InChI is InChI=1S/C18H24N2O2S/c1-13-10-15(3)18(11-14(13)2)23(21,22)20(16-7-8-16)12-17-6-5-9-19(17)4/h5-6,9-11,16H,7-8,12H2,1-4H3. The van der Waals surface area contributed by atoms with Crippen LogP contribution in [0.5, 0.6) is 0 Å². The number of benzene rings is 1. The maximum atomic E-state index is 13.3. The van der Waals surface area contributed by atoms with Crippen molar-refractivity contribution in [2.45, 2.75) is 51.1 Å².